The Labute approximate surface area is 265 Å². The van der Waals surface area contributed by atoms with Gasteiger partial charge in [-0.3, -0.25) is 4.57 Å². The first-order valence-corrected chi connectivity index (χ1v) is 16.3. The van der Waals surface area contributed by atoms with Gasteiger partial charge in [0.25, 0.3) is 0 Å². The summed E-state index contributed by atoms with van der Waals surface area (Å²) in [5.41, 5.74) is 8.66. The zero-order valence-corrected chi connectivity index (χ0v) is 25.3. The third-order valence-electron chi connectivity index (χ3n) is 9.55. The number of hydrogen-bond donors (Lipinski definition) is 0. The summed E-state index contributed by atoms with van der Waals surface area (Å²) < 4.78 is 12.2. The first-order valence-electron chi connectivity index (χ1n) is 15.5. The Kier molecular flexibility index (Phi) is 4.69. The number of nitrogens with zero attached hydrogens (tertiary/aromatic N) is 3. The molecule has 0 saturated carbocycles. The minimum absolute atomic E-state index is 0.869. The Morgan fingerprint density at radius 2 is 1.04 bits per heavy atom. The summed E-state index contributed by atoms with van der Waals surface area (Å²) in [4.78, 5) is 5.38. The van der Waals surface area contributed by atoms with E-state index >= 15 is 0 Å². The van der Waals surface area contributed by atoms with Crippen molar-refractivity contribution < 1.29 is 4.42 Å². The van der Waals surface area contributed by atoms with Crippen molar-refractivity contribution in [1.82, 2.24) is 14.1 Å². The van der Waals surface area contributed by atoms with Crippen molar-refractivity contribution in [2.24, 2.45) is 0 Å². The quantitative estimate of drug-likeness (QED) is 0.196. The Morgan fingerprint density at radius 1 is 0.478 bits per heavy atom. The van der Waals surface area contributed by atoms with Crippen molar-refractivity contribution in [2.45, 2.75) is 0 Å². The van der Waals surface area contributed by atoms with Gasteiger partial charge in [0, 0.05) is 37.7 Å². The number of hydrogen-bond acceptors (Lipinski definition) is 3. The smallest absolute Gasteiger partial charge is 0.195 e. The van der Waals surface area contributed by atoms with Crippen molar-refractivity contribution in [2.75, 3.05) is 0 Å². The van der Waals surface area contributed by atoms with Crippen LogP contribution in [0.5, 0.6) is 0 Å². The number of rotatable bonds is 2. The Balaban J connectivity index is 1.29. The van der Waals surface area contributed by atoms with Crippen LogP contribution in [0.2, 0.25) is 0 Å². The highest BCUT2D eigenvalue weighted by molar-refractivity contribution is 7.21. The minimum Gasteiger partial charge on any atom is -0.456 e. The summed E-state index contributed by atoms with van der Waals surface area (Å²) in [5.74, 6) is 0. The lowest BCUT2D eigenvalue weighted by Gasteiger charge is -2.14. The van der Waals surface area contributed by atoms with Gasteiger partial charge in [0.2, 0.25) is 0 Å². The van der Waals surface area contributed by atoms with Crippen LogP contribution in [-0.2, 0) is 0 Å². The van der Waals surface area contributed by atoms with Crippen LogP contribution >= 0.6 is 11.3 Å². The standard InChI is InChI=1S/C41H23N3OS/c1-2-15-28-26(13-1)34(43-31-17-7-3-11-24(31)25-12-4-8-18-32(25)43)23-30-27-14-5-9-19-33(27)44(40(28)30)41-42-39-37(46-41)22-21-36-38(39)29-16-6-10-20-35(29)45-36/h1-23H. The highest BCUT2D eigenvalue weighted by atomic mass is 32.1. The van der Waals surface area contributed by atoms with Gasteiger partial charge in [0.15, 0.2) is 5.13 Å². The maximum absolute atomic E-state index is 6.22. The van der Waals surface area contributed by atoms with E-state index in [1.165, 1.54) is 54.6 Å². The lowest BCUT2D eigenvalue weighted by Crippen LogP contribution is -1.98. The van der Waals surface area contributed by atoms with Crippen molar-refractivity contribution in [3.63, 3.8) is 0 Å². The van der Waals surface area contributed by atoms with Crippen molar-refractivity contribution in [3.05, 3.63) is 140 Å². The first-order chi connectivity index (χ1) is 22.8. The molecule has 5 heteroatoms. The van der Waals surface area contributed by atoms with E-state index < -0.39 is 0 Å². The van der Waals surface area contributed by atoms with E-state index in [0.717, 1.165) is 42.8 Å². The van der Waals surface area contributed by atoms with Crippen molar-refractivity contribution in [1.29, 1.82) is 0 Å². The lowest BCUT2D eigenvalue weighted by molar-refractivity contribution is 0.669. The largest absolute Gasteiger partial charge is 0.456 e. The van der Waals surface area contributed by atoms with Crippen LogP contribution in [0.3, 0.4) is 0 Å². The monoisotopic (exact) mass is 605 g/mol. The Morgan fingerprint density at radius 3 is 1.76 bits per heavy atom. The molecule has 46 heavy (non-hydrogen) atoms. The molecule has 0 N–H and O–H groups in total. The average molecular weight is 606 g/mol. The third-order valence-corrected chi connectivity index (χ3v) is 10.6. The molecule has 0 atom stereocenters. The molecule has 7 aromatic carbocycles. The van der Waals surface area contributed by atoms with Crippen LogP contribution < -0.4 is 0 Å². The number of furan rings is 1. The van der Waals surface area contributed by atoms with Gasteiger partial charge in [-0.05, 0) is 42.5 Å². The van der Waals surface area contributed by atoms with E-state index in [1.54, 1.807) is 11.3 Å². The molecular formula is C41H23N3OS. The molecular weight excluding hydrogens is 583 g/mol. The zero-order valence-electron chi connectivity index (χ0n) is 24.4. The summed E-state index contributed by atoms with van der Waals surface area (Å²) in [6, 6.07) is 49.9. The number of thiazole rings is 1. The lowest BCUT2D eigenvalue weighted by atomic mass is 10.0. The average Bonchev–Trinajstić information content (AvgIpc) is 3.87. The summed E-state index contributed by atoms with van der Waals surface area (Å²) in [5, 5.41) is 10.5. The van der Waals surface area contributed by atoms with Crippen LogP contribution in [0.4, 0.5) is 0 Å². The van der Waals surface area contributed by atoms with E-state index in [0.29, 0.717) is 0 Å². The van der Waals surface area contributed by atoms with Crippen molar-refractivity contribution >= 4 is 97.9 Å². The first kappa shape index (κ1) is 24.4. The van der Waals surface area contributed by atoms with E-state index in [1.807, 2.05) is 12.1 Å². The molecule has 0 aliphatic carbocycles. The predicted octanol–water partition coefficient (Wildman–Crippen LogP) is 11.5. The molecule has 0 spiro atoms. The third kappa shape index (κ3) is 3.10. The number of benzene rings is 7. The van der Waals surface area contributed by atoms with Crippen LogP contribution in [0.15, 0.2) is 144 Å². The highest BCUT2D eigenvalue weighted by Gasteiger charge is 2.22. The van der Waals surface area contributed by atoms with Gasteiger partial charge in [-0.15, -0.1) is 0 Å². The fourth-order valence-corrected chi connectivity index (χ4v) is 8.65. The fraction of sp³-hybridized carbons (Fsp3) is 0. The Bertz CT molecular complexity index is 2990. The van der Waals surface area contributed by atoms with Gasteiger partial charge < -0.3 is 8.98 Å². The number of fused-ring (bicyclic) bond motifs is 13. The normalized spacial score (nSPS) is 12.3. The summed E-state index contributed by atoms with van der Waals surface area (Å²) in [6.45, 7) is 0. The highest BCUT2D eigenvalue weighted by Crippen LogP contribution is 2.44. The van der Waals surface area contributed by atoms with Gasteiger partial charge in [-0.2, -0.15) is 0 Å². The molecule has 0 fully saturated rings. The SMILES string of the molecule is c1ccc2c(c1)oc1ccc3sc(-n4c5ccccc5c5cc(-n6c7ccccc7c7ccccc76)c6ccccc6c54)nc3c12. The predicted molar refractivity (Wildman–Crippen MR) is 193 cm³/mol. The van der Waals surface area contributed by atoms with Gasteiger partial charge >= 0.3 is 0 Å². The van der Waals surface area contributed by atoms with Crippen molar-refractivity contribution in [3.8, 4) is 10.8 Å². The summed E-state index contributed by atoms with van der Waals surface area (Å²) >= 11 is 1.73. The molecule has 4 aromatic heterocycles. The van der Waals surface area contributed by atoms with Gasteiger partial charge in [0.1, 0.15) is 11.2 Å². The minimum atomic E-state index is 0.869. The van der Waals surface area contributed by atoms with Gasteiger partial charge in [0.05, 0.1) is 43.4 Å². The summed E-state index contributed by atoms with van der Waals surface area (Å²) in [6.07, 6.45) is 0. The van der Waals surface area contributed by atoms with Crippen LogP contribution in [0, 0.1) is 0 Å². The van der Waals surface area contributed by atoms with Gasteiger partial charge in [-0.25, -0.2) is 4.98 Å². The van der Waals surface area contributed by atoms with Crippen LogP contribution in [0.25, 0.3) is 97.4 Å². The molecule has 4 nitrogen and oxygen atoms in total. The zero-order chi connectivity index (χ0) is 29.9. The second-order valence-corrected chi connectivity index (χ2v) is 12.9. The van der Waals surface area contributed by atoms with Crippen LogP contribution in [-0.4, -0.2) is 14.1 Å². The number of aromatic nitrogens is 3. The van der Waals surface area contributed by atoms with E-state index in [2.05, 4.69) is 137 Å². The van der Waals surface area contributed by atoms with Crippen LogP contribution in [0.1, 0.15) is 0 Å². The molecule has 0 radical (unpaired) electrons. The molecule has 0 aliphatic heterocycles. The second kappa shape index (κ2) is 8.84. The maximum Gasteiger partial charge on any atom is 0.195 e. The molecule has 214 valence electrons. The number of para-hydroxylation sites is 4. The van der Waals surface area contributed by atoms with E-state index in [9.17, 15) is 0 Å². The summed E-state index contributed by atoms with van der Waals surface area (Å²) in [7, 11) is 0. The molecule has 0 unspecified atom stereocenters. The molecule has 0 aliphatic rings. The fourth-order valence-electron chi connectivity index (χ4n) is 7.66. The molecule has 4 heterocycles. The van der Waals surface area contributed by atoms with Gasteiger partial charge in [-0.1, -0.05) is 108 Å². The Hall–Kier alpha value is -5.91. The van der Waals surface area contributed by atoms with E-state index in [4.69, 9.17) is 9.40 Å². The molecule has 0 amide bonds. The molecule has 11 aromatic rings. The molecule has 0 bridgehead atoms. The van der Waals surface area contributed by atoms with E-state index in [-0.39, 0.29) is 0 Å². The molecule has 11 rings (SSSR count). The molecule has 0 saturated heterocycles. The maximum atomic E-state index is 6.22. The topological polar surface area (TPSA) is 35.9 Å². The second-order valence-electron chi connectivity index (χ2n) is 11.9.